The van der Waals surface area contributed by atoms with E-state index in [9.17, 15) is 8.42 Å². The zero-order valence-corrected chi connectivity index (χ0v) is 18.5. The fourth-order valence-corrected chi connectivity index (χ4v) is 3.75. The number of nitrogens with zero attached hydrogens (tertiary/aromatic N) is 3. The third-order valence-corrected chi connectivity index (χ3v) is 5.42. The lowest BCUT2D eigenvalue weighted by Crippen LogP contribution is -2.47. The smallest absolute Gasteiger partial charge is 0.211 e. The van der Waals surface area contributed by atoms with Crippen LogP contribution in [0.4, 0.5) is 0 Å². The van der Waals surface area contributed by atoms with Crippen molar-refractivity contribution in [2.45, 2.75) is 39.2 Å². The quantitative estimate of drug-likeness (QED) is 0.248. The lowest BCUT2D eigenvalue weighted by atomic mass is 10.1. The van der Waals surface area contributed by atoms with Gasteiger partial charge in [0, 0.05) is 46.4 Å². The van der Waals surface area contributed by atoms with Gasteiger partial charge in [0.25, 0.3) is 0 Å². The second kappa shape index (κ2) is 12.3. The van der Waals surface area contributed by atoms with E-state index in [0.717, 1.165) is 44.9 Å². The molecule has 1 fully saturated rings. The van der Waals surface area contributed by atoms with E-state index in [1.807, 2.05) is 13.8 Å². The van der Waals surface area contributed by atoms with Crippen molar-refractivity contribution in [1.82, 2.24) is 14.5 Å². The molecule has 1 saturated heterocycles. The van der Waals surface area contributed by atoms with Crippen molar-refractivity contribution in [2.24, 2.45) is 4.99 Å². The molecule has 0 spiro atoms. The van der Waals surface area contributed by atoms with Gasteiger partial charge in [0.1, 0.15) is 0 Å². The molecule has 7 nitrogen and oxygen atoms in total. The van der Waals surface area contributed by atoms with Crippen molar-refractivity contribution in [3.63, 3.8) is 0 Å². The fourth-order valence-electron chi connectivity index (χ4n) is 2.82. The Balaban J connectivity index is 0.00000529. The molecule has 0 aromatic heterocycles. The van der Waals surface area contributed by atoms with Crippen molar-refractivity contribution in [1.29, 1.82) is 0 Å². The molecule has 0 saturated carbocycles. The van der Waals surface area contributed by atoms with E-state index in [2.05, 4.69) is 15.2 Å². The molecule has 0 radical (unpaired) electrons. The Labute approximate surface area is 164 Å². The molecule has 1 rings (SSSR count). The highest BCUT2D eigenvalue weighted by Crippen LogP contribution is 2.13. The molecule has 0 amide bonds. The summed E-state index contributed by atoms with van der Waals surface area (Å²) in [6.45, 7) is 8.29. The van der Waals surface area contributed by atoms with E-state index in [0.29, 0.717) is 25.7 Å². The Hall–Kier alpha value is -0.130. The minimum atomic E-state index is -3.10. The third-order valence-electron chi connectivity index (χ3n) is 4.04. The molecule has 1 aliphatic heterocycles. The summed E-state index contributed by atoms with van der Waals surface area (Å²) in [4.78, 5) is 6.57. The van der Waals surface area contributed by atoms with Crippen molar-refractivity contribution in [3.8, 4) is 0 Å². The number of ether oxygens (including phenoxy) is 1. The summed E-state index contributed by atoms with van der Waals surface area (Å²) in [5.41, 5.74) is 0. The monoisotopic (exact) mass is 476 g/mol. The molecule has 9 heteroatoms. The molecule has 1 aliphatic rings. The summed E-state index contributed by atoms with van der Waals surface area (Å²) in [5, 5.41) is 3.33. The van der Waals surface area contributed by atoms with E-state index < -0.39 is 10.0 Å². The minimum absolute atomic E-state index is 0. The van der Waals surface area contributed by atoms with Gasteiger partial charge in [-0.15, -0.1) is 24.0 Å². The average molecular weight is 476 g/mol. The van der Waals surface area contributed by atoms with Gasteiger partial charge in [-0.2, -0.15) is 0 Å². The first kappa shape index (κ1) is 23.9. The number of halogens is 1. The second-order valence-electron chi connectivity index (χ2n) is 5.72. The first-order valence-corrected chi connectivity index (χ1v) is 10.3. The molecule has 1 N–H and O–H groups in total. The van der Waals surface area contributed by atoms with Gasteiger partial charge in [-0.05, 0) is 26.2 Å². The van der Waals surface area contributed by atoms with Crippen molar-refractivity contribution < 1.29 is 13.2 Å². The topological polar surface area (TPSA) is 74.2 Å². The van der Waals surface area contributed by atoms with Gasteiger partial charge in [0.2, 0.25) is 10.0 Å². The number of likely N-dealkylation sites (tertiary alicyclic amines) is 1. The summed E-state index contributed by atoms with van der Waals surface area (Å²) in [6, 6.07) is 0. The number of guanidine groups is 1. The van der Waals surface area contributed by atoms with Gasteiger partial charge in [0.15, 0.2) is 5.96 Å². The Morgan fingerprint density at radius 2 is 1.96 bits per heavy atom. The highest BCUT2D eigenvalue weighted by molar-refractivity contribution is 14.0. The van der Waals surface area contributed by atoms with Gasteiger partial charge in [-0.1, -0.05) is 6.92 Å². The molecule has 0 aromatic carbocycles. The van der Waals surface area contributed by atoms with Gasteiger partial charge in [-0.25, -0.2) is 12.7 Å². The first-order valence-electron chi connectivity index (χ1n) is 8.44. The second-order valence-corrected chi connectivity index (χ2v) is 7.71. The van der Waals surface area contributed by atoms with E-state index in [-0.39, 0.29) is 24.0 Å². The standard InChI is InChI=1S/C15H32N4O3S.HI/c1-5-19(23(4,20)21)11-7-10-17-15(16-3)18-12-8-14(9-13-18)22-6-2;/h14H,5-13H2,1-4H3,(H,16,17);1H. The maximum atomic E-state index is 11.5. The number of hydrogen-bond acceptors (Lipinski definition) is 4. The summed E-state index contributed by atoms with van der Waals surface area (Å²) >= 11 is 0. The Morgan fingerprint density at radius 1 is 1.33 bits per heavy atom. The average Bonchev–Trinajstić information content (AvgIpc) is 2.51. The fraction of sp³-hybridized carbons (Fsp3) is 0.933. The Bertz CT molecular complexity index is 465. The van der Waals surface area contributed by atoms with E-state index >= 15 is 0 Å². The SMILES string of the molecule is CCOC1CCN(C(=NC)NCCCN(CC)S(C)(=O)=O)CC1.I. The maximum Gasteiger partial charge on any atom is 0.211 e. The number of aliphatic imine (C=N–C) groups is 1. The first-order chi connectivity index (χ1) is 10.9. The normalized spacial score (nSPS) is 17.0. The molecule has 0 aliphatic carbocycles. The highest BCUT2D eigenvalue weighted by atomic mass is 127. The third kappa shape index (κ3) is 8.30. The summed E-state index contributed by atoms with van der Waals surface area (Å²) in [7, 11) is -1.32. The zero-order chi connectivity index (χ0) is 17.3. The van der Waals surface area contributed by atoms with Crippen LogP contribution in [0, 0.1) is 0 Å². The molecular weight excluding hydrogens is 443 g/mol. The number of rotatable bonds is 8. The number of sulfonamides is 1. The Kier molecular flexibility index (Phi) is 12.2. The van der Waals surface area contributed by atoms with Crippen molar-refractivity contribution >= 4 is 40.0 Å². The molecule has 0 unspecified atom stereocenters. The summed E-state index contributed by atoms with van der Waals surface area (Å²) in [5.74, 6) is 0.891. The summed E-state index contributed by atoms with van der Waals surface area (Å²) < 4.78 is 30.2. The molecule has 0 bridgehead atoms. The van der Waals surface area contributed by atoms with Gasteiger partial charge in [-0.3, -0.25) is 4.99 Å². The molecular formula is C15H33IN4O3S. The van der Waals surface area contributed by atoms with Crippen LogP contribution in [0.15, 0.2) is 4.99 Å². The van der Waals surface area contributed by atoms with Gasteiger partial charge < -0.3 is 15.0 Å². The van der Waals surface area contributed by atoms with Crippen LogP contribution in [0.5, 0.6) is 0 Å². The van der Waals surface area contributed by atoms with Crippen LogP contribution in [-0.2, 0) is 14.8 Å². The van der Waals surface area contributed by atoms with Crippen LogP contribution < -0.4 is 5.32 Å². The van der Waals surface area contributed by atoms with Gasteiger partial charge >= 0.3 is 0 Å². The van der Waals surface area contributed by atoms with Crippen LogP contribution in [0.1, 0.15) is 33.1 Å². The van der Waals surface area contributed by atoms with Crippen LogP contribution >= 0.6 is 24.0 Å². The lowest BCUT2D eigenvalue weighted by molar-refractivity contribution is 0.0264. The van der Waals surface area contributed by atoms with Crippen molar-refractivity contribution in [2.75, 3.05) is 52.6 Å². The molecule has 144 valence electrons. The highest BCUT2D eigenvalue weighted by Gasteiger charge is 2.21. The Morgan fingerprint density at radius 3 is 2.42 bits per heavy atom. The zero-order valence-electron chi connectivity index (χ0n) is 15.3. The minimum Gasteiger partial charge on any atom is -0.378 e. The number of hydrogen-bond donors (Lipinski definition) is 1. The predicted octanol–water partition coefficient (Wildman–Crippen LogP) is 1.35. The molecule has 0 atom stereocenters. The van der Waals surface area contributed by atoms with E-state index in [1.165, 1.54) is 10.6 Å². The van der Waals surface area contributed by atoms with Crippen LogP contribution in [0.25, 0.3) is 0 Å². The predicted molar refractivity (Wildman–Crippen MR) is 110 cm³/mol. The largest absolute Gasteiger partial charge is 0.378 e. The number of piperidine rings is 1. The molecule has 0 aromatic rings. The van der Waals surface area contributed by atoms with Crippen molar-refractivity contribution in [3.05, 3.63) is 0 Å². The van der Waals surface area contributed by atoms with Crippen LogP contribution in [0.3, 0.4) is 0 Å². The molecule has 1 heterocycles. The summed E-state index contributed by atoms with van der Waals surface area (Å²) in [6.07, 6.45) is 4.42. The maximum absolute atomic E-state index is 11.5. The van der Waals surface area contributed by atoms with Crippen LogP contribution in [0.2, 0.25) is 0 Å². The van der Waals surface area contributed by atoms with Gasteiger partial charge in [0.05, 0.1) is 12.4 Å². The molecule has 24 heavy (non-hydrogen) atoms. The van der Waals surface area contributed by atoms with E-state index in [1.54, 1.807) is 7.05 Å². The lowest BCUT2D eigenvalue weighted by Gasteiger charge is -2.34. The number of nitrogens with one attached hydrogen (secondary N) is 1. The van der Waals surface area contributed by atoms with E-state index in [4.69, 9.17) is 4.74 Å². The van der Waals surface area contributed by atoms with Crippen LogP contribution in [-0.4, -0.2) is 82.3 Å².